The molecule has 0 amide bonds. The predicted molar refractivity (Wildman–Crippen MR) is 56.7 cm³/mol. The molecule has 0 atom stereocenters. The lowest BCUT2D eigenvalue weighted by Crippen LogP contribution is -1.94. The van der Waals surface area contributed by atoms with Crippen molar-refractivity contribution in [3.8, 4) is 0 Å². The van der Waals surface area contributed by atoms with Crippen LogP contribution in [0.15, 0.2) is 36.4 Å². The molecule has 0 bridgehead atoms. The number of anilines is 1. The average Bonchev–Trinajstić information content (AvgIpc) is 2.18. The summed E-state index contributed by atoms with van der Waals surface area (Å²) in [5.74, 6) is 0. The van der Waals surface area contributed by atoms with Crippen molar-refractivity contribution in [3.63, 3.8) is 0 Å². The Morgan fingerprint density at radius 1 is 1.36 bits per heavy atom. The zero-order valence-corrected chi connectivity index (χ0v) is 8.02. The fraction of sp³-hybridized carbons (Fsp3) is 0.273. The largest absolute Gasteiger partial charge is 0.399 e. The Bertz CT molecular complexity index is 297. The van der Waals surface area contributed by atoms with Gasteiger partial charge in [0.15, 0.2) is 0 Å². The Balaban J connectivity index is 2.28. The van der Waals surface area contributed by atoms with Crippen LogP contribution in [0.2, 0.25) is 0 Å². The summed E-state index contributed by atoms with van der Waals surface area (Å²) in [5.41, 5.74) is 7.41. The number of hydrogen-bond donors (Lipinski definition) is 2. The molecular formula is C11H15NO2. The van der Waals surface area contributed by atoms with E-state index in [0.717, 1.165) is 11.3 Å². The van der Waals surface area contributed by atoms with E-state index in [1.807, 2.05) is 24.3 Å². The van der Waals surface area contributed by atoms with Gasteiger partial charge >= 0.3 is 0 Å². The smallest absolute Gasteiger partial charge is 0.0721 e. The molecule has 3 N–H and O–H groups in total. The summed E-state index contributed by atoms with van der Waals surface area (Å²) in [7, 11) is 0. The zero-order chi connectivity index (χ0) is 10.2. The first-order valence-corrected chi connectivity index (χ1v) is 4.51. The van der Waals surface area contributed by atoms with Gasteiger partial charge in [0.2, 0.25) is 0 Å². The Kier molecular flexibility index (Phi) is 4.75. The molecule has 14 heavy (non-hydrogen) atoms. The van der Waals surface area contributed by atoms with Gasteiger partial charge in [-0.2, -0.15) is 0 Å². The molecule has 1 aromatic rings. The second kappa shape index (κ2) is 6.18. The van der Waals surface area contributed by atoms with Crippen molar-refractivity contribution in [2.45, 2.75) is 6.61 Å². The van der Waals surface area contributed by atoms with Crippen LogP contribution in [-0.2, 0) is 11.3 Å². The summed E-state index contributed by atoms with van der Waals surface area (Å²) in [6.07, 6.45) is 3.44. The van der Waals surface area contributed by atoms with Crippen molar-refractivity contribution in [2.24, 2.45) is 0 Å². The number of benzene rings is 1. The summed E-state index contributed by atoms with van der Waals surface area (Å²) < 4.78 is 5.32. The second-order valence-electron chi connectivity index (χ2n) is 2.91. The molecule has 0 unspecified atom stereocenters. The first-order valence-electron chi connectivity index (χ1n) is 4.51. The van der Waals surface area contributed by atoms with Crippen molar-refractivity contribution in [1.29, 1.82) is 0 Å². The Morgan fingerprint density at radius 3 is 2.93 bits per heavy atom. The van der Waals surface area contributed by atoms with E-state index in [1.54, 1.807) is 12.2 Å². The molecule has 0 fully saturated rings. The molecule has 0 aromatic heterocycles. The maximum Gasteiger partial charge on any atom is 0.0721 e. The number of nitrogens with two attached hydrogens (primary N) is 1. The first kappa shape index (κ1) is 10.8. The van der Waals surface area contributed by atoms with Gasteiger partial charge in [0.05, 0.1) is 19.8 Å². The minimum atomic E-state index is 0.0572. The molecule has 0 saturated heterocycles. The molecule has 0 aliphatic carbocycles. The minimum absolute atomic E-state index is 0.0572. The third-order valence-electron chi connectivity index (χ3n) is 1.71. The van der Waals surface area contributed by atoms with Crippen LogP contribution in [0.25, 0.3) is 0 Å². The number of aliphatic hydroxyl groups is 1. The zero-order valence-electron chi connectivity index (χ0n) is 8.02. The van der Waals surface area contributed by atoms with Gasteiger partial charge in [-0.05, 0) is 17.7 Å². The molecule has 3 heteroatoms. The summed E-state index contributed by atoms with van der Waals surface area (Å²) in [5, 5.41) is 8.46. The molecule has 0 heterocycles. The SMILES string of the molecule is Nc1cccc(COC/C=C\CO)c1. The van der Waals surface area contributed by atoms with Crippen molar-refractivity contribution in [3.05, 3.63) is 42.0 Å². The van der Waals surface area contributed by atoms with Crippen molar-refractivity contribution >= 4 is 5.69 Å². The third kappa shape index (κ3) is 4.07. The van der Waals surface area contributed by atoms with Crippen LogP contribution in [0.3, 0.4) is 0 Å². The maximum atomic E-state index is 8.46. The topological polar surface area (TPSA) is 55.5 Å². The van der Waals surface area contributed by atoms with Crippen LogP contribution in [-0.4, -0.2) is 18.3 Å². The molecule has 0 spiro atoms. The Morgan fingerprint density at radius 2 is 2.21 bits per heavy atom. The van der Waals surface area contributed by atoms with Gasteiger partial charge in [-0.1, -0.05) is 24.3 Å². The van der Waals surface area contributed by atoms with E-state index in [9.17, 15) is 0 Å². The van der Waals surface area contributed by atoms with Crippen LogP contribution in [0.5, 0.6) is 0 Å². The van der Waals surface area contributed by atoms with E-state index in [-0.39, 0.29) is 6.61 Å². The van der Waals surface area contributed by atoms with Crippen LogP contribution < -0.4 is 5.73 Å². The predicted octanol–water partition coefficient (Wildman–Crippen LogP) is 1.33. The van der Waals surface area contributed by atoms with Gasteiger partial charge in [0.1, 0.15) is 0 Å². The van der Waals surface area contributed by atoms with Gasteiger partial charge in [0.25, 0.3) is 0 Å². The summed E-state index contributed by atoms with van der Waals surface area (Å²) in [6, 6.07) is 7.59. The van der Waals surface area contributed by atoms with Gasteiger partial charge in [-0.3, -0.25) is 0 Å². The molecule has 1 rings (SSSR count). The normalized spacial score (nSPS) is 10.9. The lowest BCUT2D eigenvalue weighted by atomic mass is 10.2. The fourth-order valence-corrected chi connectivity index (χ4v) is 1.07. The molecule has 0 radical (unpaired) electrons. The van der Waals surface area contributed by atoms with Gasteiger partial charge in [0, 0.05) is 5.69 Å². The molecule has 0 aliphatic heterocycles. The first-order chi connectivity index (χ1) is 6.83. The van der Waals surface area contributed by atoms with Crippen LogP contribution >= 0.6 is 0 Å². The lowest BCUT2D eigenvalue weighted by molar-refractivity contribution is 0.148. The number of nitrogen functional groups attached to an aromatic ring is 1. The maximum absolute atomic E-state index is 8.46. The van der Waals surface area contributed by atoms with Crippen molar-refractivity contribution < 1.29 is 9.84 Å². The van der Waals surface area contributed by atoms with Crippen LogP contribution in [0.4, 0.5) is 5.69 Å². The minimum Gasteiger partial charge on any atom is -0.399 e. The lowest BCUT2D eigenvalue weighted by Gasteiger charge is -2.02. The van der Waals surface area contributed by atoms with Crippen molar-refractivity contribution in [2.75, 3.05) is 18.9 Å². The fourth-order valence-electron chi connectivity index (χ4n) is 1.07. The van der Waals surface area contributed by atoms with E-state index in [2.05, 4.69) is 0 Å². The highest BCUT2D eigenvalue weighted by Gasteiger charge is 1.92. The highest BCUT2D eigenvalue weighted by Crippen LogP contribution is 2.07. The van der Waals surface area contributed by atoms with Gasteiger partial charge < -0.3 is 15.6 Å². The van der Waals surface area contributed by atoms with E-state index >= 15 is 0 Å². The third-order valence-corrected chi connectivity index (χ3v) is 1.71. The molecule has 76 valence electrons. The van der Waals surface area contributed by atoms with Crippen LogP contribution in [0, 0.1) is 0 Å². The summed E-state index contributed by atoms with van der Waals surface area (Å²) >= 11 is 0. The van der Waals surface area contributed by atoms with E-state index in [4.69, 9.17) is 15.6 Å². The van der Waals surface area contributed by atoms with Gasteiger partial charge in [-0.25, -0.2) is 0 Å². The molecule has 1 aromatic carbocycles. The van der Waals surface area contributed by atoms with Gasteiger partial charge in [-0.15, -0.1) is 0 Å². The number of ether oxygens (including phenoxy) is 1. The standard InChI is InChI=1S/C11H15NO2/c12-11-5-3-4-10(8-11)9-14-7-2-1-6-13/h1-5,8,13H,6-7,9,12H2/b2-1-. The monoisotopic (exact) mass is 193 g/mol. The molecular weight excluding hydrogens is 178 g/mol. The summed E-state index contributed by atoms with van der Waals surface area (Å²) in [6.45, 7) is 1.11. The second-order valence-corrected chi connectivity index (χ2v) is 2.91. The van der Waals surface area contributed by atoms with E-state index in [1.165, 1.54) is 0 Å². The summed E-state index contributed by atoms with van der Waals surface area (Å²) in [4.78, 5) is 0. The molecule has 0 aliphatic rings. The van der Waals surface area contributed by atoms with Crippen LogP contribution in [0.1, 0.15) is 5.56 Å². The molecule has 0 saturated carbocycles. The quantitative estimate of drug-likeness (QED) is 0.421. The van der Waals surface area contributed by atoms with E-state index < -0.39 is 0 Å². The number of rotatable bonds is 5. The Labute approximate surface area is 83.8 Å². The average molecular weight is 193 g/mol. The number of hydrogen-bond acceptors (Lipinski definition) is 3. The highest BCUT2D eigenvalue weighted by atomic mass is 16.5. The highest BCUT2D eigenvalue weighted by molar-refractivity contribution is 5.40. The van der Waals surface area contributed by atoms with E-state index in [0.29, 0.717) is 13.2 Å². The molecule has 3 nitrogen and oxygen atoms in total. The van der Waals surface area contributed by atoms with Crippen molar-refractivity contribution in [1.82, 2.24) is 0 Å². The number of aliphatic hydroxyl groups excluding tert-OH is 1. The Hall–Kier alpha value is -1.32.